The van der Waals surface area contributed by atoms with Gasteiger partial charge in [-0.2, -0.15) is 11.3 Å². The van der Waals surface area contributed by atoms with Crippen LogP contribution in [0.25, 0.3) is 10.8 Å². The zero-order valence-electron chi connectivity index (χ0n) is 11.5. The van der Waals surface area contributed by atoms with Crippen LogP contribution in [-0.4, -0.2) is 6.29 Å². The highest BCUT2D eigenvalue weighted by atomic mass is 32.1. The number of hydrogen-bond donors (Lipinski definition) is 0. The van der Waals surface area contributed by atoms with E-state index in [9.17, 15) is 4.79 Å². The Bertz CT molecular complexity index is 560. The molecule has 0 bridgehead atoms. The van der Waals surface area contributed by atoms with Crippen molar-refractivity contribution in [2.75, 3.05) is 0 Å². The summed E-state index contributed by atoms with van der Waals surface area (Å²) in [5.74, 6) is 0.0913. The normalized spacial score (nSPS) is 13.8. The molecular formula is C16H20OS. The van der Waals surface area contributed by atoms with E-state index in [1.165, 1.54) is 21.9 Å². The van der Waals surface area contributed by atoms with Gasteiger partial charge >= 0.3 is 0 Å². The van der Waals surface area contributed by atoms with E-state index in [-0.39, 0.29) is 11.3 Å². The standard InChI is InChI=1S/C16H20OS/c1-11(8-17)7-12-5-6-15(16(2,3)4)14-10-18-9-13(12)14/h5-6,8-11H,7H2,1-4H3. The second-order valence-electron chi connectivity index (χ2n) is 6.04. The third-order valence-electron chi connectivity index (χ3n) is 3.33. The van der Waals surface area contributed by atoms with Crippen LogP contribution in [0, 0.1) is 5.92 Å². The van der Waals surface area contributed by atoms with E-state index in [1.807, 2.05) is 6.92 Å². The number of carbonyl (C=O) groups excluding carboxylic acids is 1. The average Bonchev–Trinajstić information content (AvgIpc) is 2.76. The van der Waals surface area contributed by atoms with Gasteiger partial charge in [0.15, 0.2) is 0 Å². The van der Waals surface area contributed by atoms with Crippen molar-refractivity contribution < 1.29 is 4.79 Å². The fraction of sp³-hybridized carbons (Fsp3) is 0.438. The molecule has 1 atom stereocenters. The van der Waals surface area contributed by atoms with E-state index < -0.39 is 0 Å². The lowest BCUT2D eigenvalue weighted by molar-refractivity contribution is -0.110. The van der Waals surface area contributed by atoms with Crippen LogP contribution in [0.5, 0.6) is 0 Å². The minimum atomic E-state index is 0.0913. The lowest BCUT2D eigenvalue weighted by Gasteiger charge is -2.21. The molecule has 2 rings (SSSR count). The van der Waals surface area contributed by atoms with Crippen LogP contribution in [0.1, 0.15) is 38.8 Å². The Labute approximate surface area is 113 Å². The molecule has 0 fully saturated rings. The van der Waals surface area contributed by atoms with E-state index in [1.54, 1.807) is 11.3 Å². The second-order valence-corrected chi connectivity index (χ2v) is 6.78. The highest BCUT2D eigenvalue weighted by Crippen LogP contribution is 2.34. The molecule has 2 heteroatoms. The van der Waals surface area contributed by atoms with Crippen LogP contribution in [0.2, 0.25) is 0 Å². The van der Waals surface area contributed by atoms with Gasteiger partial charge in [0, 0.05) is 5.92 Å². The molecular weight excluding hydrogens is 240 g/mol. The number of carbonyl (C=O) groups is 1. The van der Waals surface area contributed by atoms with Crippen molar-refractivity contribution in [1.29, 1.82) is 0 Å². The van der Waals surface area contributed by atoms with Gasteiger partial charge in [-0.15, -0.1) is 0 Å². The number of thiophene rings is 1. The highest BCUT2D eigenvalue weighted by Gasteiger charge is 2.18. The topological polar surface area (TPSA) is 17.1 Å². The molecule has 18 heavy (non-hydrogen) atoms. The van der Waals surface area contributed by atoms with Gasteiger partial charge in [0.05, 0.1) is 0 Å². The van der Waals surface area contributed by atoms with Crippen molar-refractivity contribution in [1.82, 2.24) is 0 Å². The van der Waals surface area contributed by atoms with Gasteiger partial charge in [0.2, 0.25) is 0 Å². The minimum Gasteiger partial charge on any atom is -0.303 e. The van der Waals surface area contributed by atoms with Crippen LogP contribution < -0.4 is 0 Å². The molecule has 1 aromatic heterocycles. The van der Waals surface area contributed by atoms with Crippen LogP contribution in [0.3, 0.4) is 0 Å². The zero-order chi connectivity index (χ0) is 13.3. The van der Waals surface area contributed by atoms with Crippen molar-refractivity contribution in [2.24, 2.45) is 5.92 Å². The van der Waals surface area contributed by atoms with E-state index >= 15 is 0 Å². The Hall–Kier alpha value is -1.15. The molecule has 0 spiro atoms. The summed E-state index contributed by atoms with van der Waals surface area (Å²) >= 11 is 1.74. The van der Waals surface area contributed by atoms with E-state index in [0.29, 0.717) is 0 Å². The summed E-state index contributed by atoms with van der Waals surface area (Å²) in [6, 6.07) is 4.41. The predicted molar refractivity (Wildman–Crippen MR) is 79.5 cm³/mol. The first-order chi connectivity index (χ1) is 8.43. The molecule has 0 aliphatic carbocycles. The van der Waals surface area contributed by atoms with Gasteiger partial charge in [0.1, 0.15) is 6.29 Å². The summed E-state index contributed by atoms with van der Waals surface area (Å²) < 4.78 is 0. The number of aldehydes is 1. The van der Waals surface area contributed by atoms with Crippen molar-refractivity contribution in [2.45, 2.75) is 39.5 Å². The summed E-state index contributed by atoms with van der Waals surface area (Å²) in [7, 11) is 0. The Morgan fingerprint density at radius 3 is 2.50 bits per heavy atom. The summed E-state index contributed by atoms with van der Waals surface area (Å²) in [5.41, 5.74) is 2.84. The smallest absolute Gasteiger partial charge is 0.123 e. The first-order valence-corrected chi connectivity index (χ1v) is 7.31. The SMILES string of the molecule is CC(C=O)Cc1ccc(C(C)(C)C)c2cscc12. The predicted octanol–water partition coefficient (Wildman–Crippen LogP) is 4.58. The fourth-order valence-electron chi connectivity index (χ4n) is 2.34. The maximum Gasteiger partial charge on any atom is 0.123 e. The number of rotatable bonds is 3. The molecule has 0 saturated carbocycles. The Morgan fingerprint density at radius 1 is 1.22 bits per heavy atom. The maximum absolute atomic E-state index is 10.8. The minimum absolute atomic E-state index is 0.0913. The first kappa shape index (κ1) is 13.3. The number of fused-ring (bicyclic) bond motifs is 1. The quantitative estimate of drug-likeness (QED) is 0.738. The van der Waals surface area contributed by atoms with Gasteiger partial charge in [-0.05, 0) is 44.5 Å². The molecule has 1 heterocycles. The first-order valence-electron chi connectivity index (χ1n) is 6.37. The number of benzene rings is 1. The van der Waals surface area contributed by atoms with E-state index in [0.717, 1.165) is 12.7 Å². The molecule has 1 aromatic carbocycles. The maximum atomic E-state index is 10.8. The van der Waals surface area contributed by atoms with Gasteiger partial charge in [-0.3, -0.25) is 0 Å². The van der Waals surface area contributed by atoms with Crippen LogP contribution in [0.15, 0.2) is 22.9 Å². The lowest BCUT2D eigenvalue weighted by Crippen LogP contribution is -2.12. The molecule has 0 N–H and O–H groups in total. The summed E-state index contributed by atoms with van der Waals surface area (Å²) in [6.45, 7) is 8.70. The molecule has 0 amide bonds. The van der Waals surface area contributed by atoms with Gasteiger partial charge < -0.3 is 4.79 Å². The molecule has 0 saturated heterocycles. The van der Waals surface area contributed by atoms with Crippen LogP contribution >= 0.6 is 11.3 Å². The molecule has 2 aromatic rings. The molecule has 1 unspecified atom stereocenters. The molecule has 0 aliphatic heterocycles. The highest BCUT2D eigenvalue weighted by molar-refractivity contribution is 7.09. The van der Waals surface area contributed by atoms with Gasteiger partial charge in [-0.25, -0.2) is 0 Å². The Balaban J connectivity index is 2.54. The van der Waals surface area contributed by atoms with Crippen molar-refractivity contribution in [3.63, 3.8) is 0 Å². The fourth-order valence-corrected chi connectivity index (χ4v) is 3.22. The number of hydrogen-bond acceptors (Lipinski definition) is 2. The molecule has 1 nitrogen and oxygen atoms in total. The average molecular weight is 260 g/mol. The van der Waals surface area contributed by atoms with Crippen LogP contribution in [0.4, 0.5) is 0 Å². The molecule has 0 radical (unpaired) electrons. The third kappa shape index (κ3) is 2.49. The van der Waals surface area contributed by atoms with E-state index in [2.05, 4.69) is 43.7 Å². The Kier molecular flexibility index (Phi) is 3.58. The molecule has 0 aliphatic rings. The van der Waals surface area contributed by atoms with Crippen LogP contribution in [-0.2, 0) is 16.6 Å². The zero-order valence-corrected chi connectivity index (χ0v) is 12.3. The van der Waals surface area contributed by atoms with Crippen molar-refractivity contribution in [3.05, 3.63) is 34.0 Å². The van der Waals surface area contributed by atoms with Crippen molar-refractivity contribution >= 4 is 28.4 Å². The van der Waals surface area contributed by atoms with Gasteiger partial charge in [0.25, 0.3) is 0 Å². The third-order valence-corrected chi connectivity index (χ3v) is 4.08. The second kappa shape index (κ2) is 4.85. The summed E-state index contributed by atoms with van der Waals surface area (Å²) in [5, 5.41) is 7.10. The summed E-state index contributed by atoms with van der Waals surface area (Å²) in [6.07, 6.45) is 1.87. The van der Waals surface area contributed by atoms with Crippen molar-refractivity contribution in [3.8, 4) is 0 Å². The summed E-state index contributed by atoms with van der Waals surface area (Å²) in [4.78, 5) is 10.8. The monoisotopic (exact) mass is 260 g/mol. The molecule has 96 valence electrons. The van der Waals surface area contributed by atoms with E-state index in [4.69, 9.17) is 0 Å². The lowest BCUT2D eigenvalue weighted by atomic mass is 9.83. The largest absolute Gasteiger partial charge is 0.303 e. The Morgan fingerprint density at radius 2 is 1.89 bits per heavy atom. The van der Waals surface area contributed by atoms with Gasteiger partial charge in [-0.1, -0.05) is 39.8 Å².